The third-order valence-corrected chi connectivity index (χ3v) is 3.41. The van der Waals surface area contributed by atoms with E-state index < -0.39 is 0 Å². The Labute approximate surface area is 102 Å². The molecule has 0 atom stereocenters. The molecule has 90 valence electrons. The molecule has 0 aromatic carbocycles. The van der Waals surface area contributed by atoms with Crippen LogP contribution < -0.4 is 5.32 Å². The van der Waals surface area contributed by atoms with Crippen LogP contribution in [0.3, 0.4) is 0 Å². The number of hydrogen-bond donors (Lipinski definition) is 2. The molecular weight excluding hydrogens is 224 g/mol. The molecule has 2 N–H and O–H groups in total. The summed E-state index contributed by atoms with van der Waals surface area (Å²) in [6.07, 6.45) is 1.88. The summed E-state index contributed by atoms with van der Waals surface area (Å²) in [5, 5.41) is 13.1. The van der Waals surface area contributed by atoms with Crippen molar-refractivity contribution in [1.29, 1.82) is 0 Å². The van der Waals surface area contributed by atoms with Crippen LogP contribution >= 0.6 is 11.6 Å². The molecule has 0 aliphatic rings. The number of nitrogens with zero attached hydrogens (tertiary/aromatic N) is 1. The fourth-order valence-corrected chi connectivity index (χ4v) is 1.73. The van der Waals surface area contributed by atoms with Crippen molar-refractivity contribution in [3.05, 3.63) is 23.4 Å². The highest BCUT2D eigenvalue weighted by Crippen LogP contribution is 2.25. The molecule has 0 bridgehead atoms. The van der Waals surface area contributed by atoms with Crippen molar-refractivity contribution in [1.82, 2.24) is 4.98 Å². The zero-order valence-corrected chi connectivity index (χ0v) is 10.6. The molecule has 0 amide bonds. The molecular formula is C12H19ClN2O. The zero-order chi connectivity index (χ0) is 12.0. The maximum absolute atomic E-state index is 9.42. The van der Waals surface area contributed by atoms with E-state index in [1.54, 1.807) is 6.07 Å². The monoisotopic (exact) mass is 242 g/mol. The molecule has 0 saturated carbocycles. The van der Waals surface area contributed by atoms with Crippen LogP contribution in [-0.4, -0.2) is 23.2 Å². The Bertz CT molecular complexity index is 318. The lowest BCUT2D eigenvalue weighted by Crippen LogP contribution is -2.32. The average molecular weight is 243 g/mol. The van der Waals surface area contributed by atoms with Crippen molar-refractivity contribution in [2.45, 2.75) is 26.7 Å². The predicted octanol–water partition coefficient (Wildman–Crippen LogP) is 2.95. The van der Waals surface area contributed by atoms with E-state index in [9.17, 15) is 5.11 Å². The third kappa shape index (κ3) is 3.35. The van der Waals surface area contributed by atoms with Crippen molar-refractivity contribution < 1.29 is 5.11 Å². The van der Waals surface area contributed by atoms with Gasteiger partial charge in [-0.2, -0.15) is 0 Å². The number of aromatic nitrogens is 1. The van der Waals surface area contributed by atoms with Crippen LogP contribution in [0, 0.1) is 5.41 Å². The summed E-state index contributed by atoms with van der Waals surface area (Å²) in [5.41, 5.74) is -0.0655. The molecule has 0 aliphatic carbocycles. The van der Waals surface area contributed by atoms with Gasteiger partial charge in [-0.15, -0.1) is 0 Å². The second-order valence-electron chi connectivity index (χ2n) is 4.06. The number of rotatable bonds is 6. The van der Waals surface area contributed by atoms with Gasteiger partial charge in [0, 0.05) is 12.0 Å². The summed E-state index contributed by atoms with van der Waals surface area (Å²) in [6.45, 7) is 5.08. The number of hydrogen-bond acceptors (Lipinski definition) is 3. The maximum atomic E-state index is 9.42. The normalized spacial score (nSPS) is 11.5. The van der Waals surface area contributed by atoms with E-state index >= 15 is 0 Å². The van der Waals surface area contributed by atoms with Crippen LogP contribution in [0.4, 0.5) is 5.82 Å². The number of pyridine rings is 1. The highest BCUT2D eigenvalue weighted by Gasteiger charge is 2.24. The number of nitrogens with one attached hydrogen (secondary N) is 1. The first-order valence-electron chi connectivity index (χ1n) is 5.63. The Hall–Kier alpha value is -0.800. The lowest BCUT2D eigenvalue weighted by molar-refractivity contribution is 0.127. The van der Waals surface area contributed by atoms with Crippen LogP contribution in [0.25, 0.3) is 0 Å². The molecule has 0 unspecified atom stereocenters. The minimum Gasteiger partial charge on any atom is -0.396 e. The van der Waals surface area contributed by atoms with Gasteiger partial charge in [-0.1, -0.05) is 31.5 Å². The van der Waals surface area contributed by atoms with Crippen molar-refractivity contribution >= 4 is 17.4 Å². The summed E-state index contributed by atoms with van der Waals surface area (Å²) in [7, 11) is 0. The summed E-state index contributed by atoms with van der Waals surface area (Å²) >= 11 is 5.80. The molecule has 0 radical (unpaired) electrons. The first-order valence-corrected chi connectivity index (χ1v) is 6.01. The third-order valence-electron chi connectivity index (χ3n) is 3.20. The highest BCUT2D eigenvalue weighted by atomic mass is 35.5. The summed E-state index contributed by atoms with van der Waals surface area (Å²) < 4.78 is 0. The van der Waals surface area contributed by atoms with E-state index in [1.165, 1.54) is 0 Å². The maximum Gasteiger partial charge on any atom is 0.131 e. The Kier molecular flexibility index (Phi) is 5.03. The largest absolute Gasteiger partial charge is 0.396 e. The standard InChI is InChI=1S/C12H19ClN2O/c1-3-12(4-2,9-16)8-14-11-7-5-6-10(13)15-11/h5-7,16H,3-4,8-9H2,1-2H3,(H,14,15). The van der Waals surface area contributed by atoms with Gasteiger partial charge in [0.25, 0.3) is 0 Å². The van der Waals surface area contributed by atoms with Gasteiger partial charge in [0.05, 0.1) is 6.61 Å². The van der Waals surface area contributed by atoms with Crippen LogP contribution in [0.1, 0.15) is 26.7 Å². The van der Waals surface area contributed by atoms with Gasteiger partial charge in [-0.25, -0.2) is 4.98 Å². The van der Waals surface area contributed by atoms with Crippen LogP contribution in [0.2, 0.25) is 5.15 Å². The molecule has 0 fully saturated rings. The van der Waals surface area contributed by atoms with E-state index in [0.29, 0.717) is 11.7 Å². The summed E-state index contributed by atoms with van der Waals surface area (Å²) in [4.78, 5) is 4.15. The summed E-state index contributed by atoms with van der Waals surface area (Å²) in [6, 6.07) is 5.47. The molecule has 3 nitrogen and oxygen atoms in total. The van der Waals surface area contributed by atoms with Gasteiger partial charge in [0.2, 0.25) is 0 Å². The van der Waals surface area contributed by atoms with Crippen LogP contribution in [0.5, 0.6) is 0 Å². The highest BCUT2D eigenvalue weighted by molar-refractivity contribution is 6.29. The van der Waals surface area contributed by atoms with Gasteiger partial charge >= 0.3 is 0 Å². The van der Waals surface area contributed by atoms with E-state index in [4.69, 9.17) is 11.6 Å². The number of anilines is 1. The van der Waals surface area contributed by atoms with E-state index in [0.717, 1.165) is 18.7 Å². The second kappa shape index (κ2) is 6.06. The van der Waals surface area contributed by atoms with Gasteiger partial charge in [-0.05, 0) is 25.0 Å². The minimum absolute atomic E-state index is 0.0655. The molecule has 1 aromatic heterocycles. The van der Waals surface area contributed by atoms with Gasteiger partial charge in [-0.3, -0.25) is 0 Å². The summed E-state index contributed by atoms with van der Waals surface area (Å²) in [5.74, 6) is 0.757. The first-order chi connectivity index (χ1) is 7.65. The quantitative estimate of drug-likeness (QED) is 0.754. The fraction of sp³-hybridized carbons (Fsp3) is 0.583. The number of aliphatic hydroxyl groups excluding tert-OH is 1. The van der Waals surface area contributed by atoms with Crippen molar-refractivity contribution in [2.75, 3.05) is 18.5 Å². The Morgan fingerprint density at radius 1 is 1.38 bits per heavy atom. The molecule has 1 heterocycles. The first kappa shape index (κ1) is 13.3. The predicted molar refractivity (Wildman–Crippen MR) is 67.8 cm³/mol. The van der Waals surface area contributed by atoms with Gasteiger partial charge < -0.3 is 10.4 Å². The van der Waals surface area contributed by atoms with E-state index in [-0.39, 0.29) is 12.0 Å². The Morgan fingerprint density at radius 3 is 2.56 bits per heavy atom. The molecule has 1 aromatic rings. The van der Waals surface area contributed by atoms with Crippen LogP contribution in [0.15, 0.2) is 18.2 Å². The van der Waals surface area contributed by atoms with E-state index in [2.05, 4.69) is 24.1 Å². The average Bonchev–Trinajstić information content (AvgIpc) is 2.32. The topological polar surface area (TPSA) is 45.1 Å². The molecule has 0 aliphatic heterocycles. The smallest absolute Gasteiger partial charge is 0.131 e. The van der Waals surface area contributed by atoms with Crippen molar-refractivity contribution in [2.24, 2.45) is 5.41 Å². The second-order valence-corrected chi connectivity index (χ2v) is 4.45. The zero-order valence-electron chi connectivity index (χ0n) is 9.83. The molecule has 4 heteroatoms. The molecule has 0 saturated heterocycles. The minimum atomic E-state index is -0.0655. The van der Waals surface area contributed by atoms with Crippen molar-refractivity contribution in [3.63, 3.8) is 0 Å². The van der Waals surface area contributed by atoms with Gasteiger partial charge in [0.1, 0.15) is 11.0 Å². The number of halogens is 1. The molecule has 16 heavy (non-hydrogen) atoms. The number of aliphatic hydroxyl groups is 1. The van der Waals surface area contributed by atoms with Crippen molar-refractivity contribution in [3.8, 4) is 0 Å². The molecule has 1 rings (SSSR count). The Balaban J connectivity index is 2.62. The fourth-order valence-electron chi connectivity index (χ4n) is 1.56. The lowest BCUT2D eigenvalue weighted by atomic mass is 9.83. The Morgan fingerprint density at radius 2 is 2.06 bits per heavy atom. The van der Waals surface area contributed by atoms with Crippen LogP contribution in [-0.2, 0) is 0 Å². The molecule has 0 spiro atoms. The van der Waals surface area contributed by atoms with E-state index in [1.807, 2.05) is 12.1 Å². The SMILES string of the molecule is CCC(CC)(CO)CNc1cccc(Cl)n1. The van der Waals surface area contributed by atoms with Gasteiger partial charge in [0.15, 0.2) is 0 Å². The lowest BCUT2D eigenvalue weighted by Gasteiger charge is -2.29.